The summed E-state index contributed by atoms with van der Waals surface area (Å²) in [6.07, 6.45) is 0.921. The zero-order chi connectivity index (χ0) is 11.4. The average molecular weight is 209 g/mol. The van der Waals surface area contributed by atoms with Gasteiger partial charge in [-0.1, -0.05) is 12.1 Å². The molecule has 0 aromatic heterocycles. The Balaban J connectivity index is 3.16. The molecular weight excluding hydrogens is 193 g/mol. The lowest BCUT2D eigenvalue weighted by Crippen LogP contribution is -2.19. The van der Waals surface area contributed by atoms with E-state index in [1.165, 1.54) is 6.07 Å². The van der Waals surface area contributed by atoms with E-state index < -0.39 is 6.10 Å². The summed E-state index contributed by atoms with van der Waals surface area (Å²) in [5.74, 6) is -0.376. The van der Waals surface area contributed by atoms with E-state index in [4.69, 9.17) is 0 Å². The highest BCUT2D eigenvalue weighted by Crippen LogP contribution is 2.27. The number of hydrogen-bond donors (Lipinski definition) is 1. The highest BCUT2D eigenvalue weighted by Gasteiger charge is 2.15. The van der Waals surface area contributed by atoms with Crippen molar-refractivity contribution in [3.8, 4) is 0 Å². The van der Waals surface area contributed by atoms with Crippen molar-refractivity contribution in [2.75, 3.05) is 18.5 Å². The monoisotopic (exact) mass is 209 g/mol. The van der Waals surface area contributed by atoms with Gasteiger partial charge in [0, 0.05) is 24.8 Å². The Morgan fingerprint density at radius 2 is 2.27 bits per heavy atom. The number of hydrogen-bond acceptors (Lipinski definition) is 2. The summed E-state index contributed by atoms with van der Waals surface area (Å²) in [5, 5.41) is 9.51. The molecule has 1 aromatic carbocycles. The van der Waals surface area contributed by atoms with E-state index >= 15 is 0 Å². The molecule has 0 aliphatic carbocycles. The molecule has 0 saturated carbocycles. The zero-order valence-electron chi connectivity index (χ0n) is 9.07. The molecule has 0 fully saturated rings. The molecule has 0 aliphatic heterocycles. The molecule has 0 radical (unpaired) electrons. The van der Waals surface area contributed by atoms with Crippen LogP contribution in [-0.2, 0) is 0 Å². The number of rotatable bonds is 4. The number of aliphatic hydroxyl groups excluding tert-OH is 1. The SMILES string of the molecule is C=CCN(C)c1cccc(F)c1[C@H](C)O. The third-order valence-electron chi connectivity index (χ3n) is 2.26. The van der Waals surface area contributed by atoms with Crippen LogP contribution in [0.4, 0.5) is 10.1 Å². The van der Waals surface area contributed by atoms with Crippen LogP contribution in [0.5, 0.6) is 0 Å². The quantitative estimate of drug-likeness (QED) is 0.770. The molecule has 0 heterocycles. The van der Waals surface area contributed by atoms with E-state index in [0.29, 0.717) is 17.8 Å². The molecule has 82 valence electrons. The van der Waals surface area contributed by atoms with E-state index in [-0.39, 0.29) is 5.82 Å². The van der Waals surface area contributed by atoms with Crippen LogP contribution in [0.2, 0.25) is 0 Å². The largest absolute Gasteiger partial charge is 0.389 e. The van der Waals surface area contributed by atoms with Crippen LogP contribution in [0.3, 0.4) is 0 Å². The van der Waals surface area contributed by atoms with Gasteiger partial charge in [-0.05, 0) is 19.1 Å². The number of halogens is 1. The normalized spacial score (nSPS) is 12.3. The van der Waals surface area contributed by atoms with Crippen molar-refractivity contribution in [2.45, 2.75) is 13.0 Å². The molecular formula is C12H16FNO. The molecule has 15 heavy (non-hydrogen) atoms. The van der Waals surface area contributed by atoms with Crippen molar-refractivity contribution in [3.63, 3.8) is 0 Å². The number of nitrogens with zero attached hydrogens (tertiary/aromatic N) is 1. The Hall–Kier alpha value is -1.35. The lowest BCUT2D eigenvalue weighted by molar-refractivity contribution is 0.194. The van der Waals surface area contributed by atoms with Crippen LogP contribution in [-0.4, -0.2) is 18.7 Å². The van der Waals surface area contributed by atoms with E-state index in [9.17, 15) is 9.50 Å². The van der Waals surface area contributed by atoms with Gasteiger partial charge in [0.1, 0.15) is 5.82 Å². The van der Waals surface area contributed by atoms with Gasteiger partial charge in [0.15, 0.2) is 0 Å². The second-order valence-corrected chi connectivity index (χ2v) is 3.52. The van der Waals surface area contributed by atoms with Crippen molar-refractivity contribution in [1.82, 2.24) is 0 Å². The van der Waals surface area contributed by atoms with Crippen LogP contribution in [0.1, 0.15) is 18.6 Å². The maximum Gasteiger partial charge on any atom is 0.131 e. The first-order chi connectivity index (χ1) is 7.07. The Morgan fingerprint density at radius 1 is 1.60 bits per heavy atom. The maximum atomic E-state index is 13.5. The lowest BCUT2D eigenvalue weighted by Gasteiger charge is -2.22. The van der Waals surface area contributed by atoms with Crippen molar-refractivity contribution in [1.29, 1.82) is 0 Å². The van der Waals surface area contributed by atoms with Gasteiger partial charge in [-0.25, -0.2) is 4.39 Å². The minimum atomic E-state index is -0.812. The first kappa shape index (κ1) is 11.7. The van der Waals surface area contributed by atoms with Crippen molar-refractivity contribution >= 4 is 5.69 Å². The lowest BCUT2D eigenvalue weighted by atomic mass is 10.1. The summed E-state index contributed by atoms with van der Waals surface area (Å²) in [7, 11) is 1.84. The van der Waals surface area contributed by atoms with E-state index in [0.717, 1.165) is 0 Å². The molecule has 0 saturated heterocycles. The Kier molecular flexibility index (Phi) is 3.86. The third-order valence-corrected chi connectivity index (χ3v) is 2.26. The van der Waals surface area contributed by atoms with Gasteiger partial charge in [-0.3, -0.25) is 0 Å². The fourth-order valence-corrected chi connectivity index (χ4v) is 1.56. The van der Waals surface area contributed by atoms with Gasteiger partial charge in [0.05, 0.1) is 6.10 Å². The van der Waals surface area contributed by atoms with Gasteiger partial charge in [-0.2, -0.15) is 0 Å². The molecule has 0 bridgehead atoms. The predicted molar refractivity (Wildman–Crippen MR) is 60.5 cm³/mol. The summed E-state index contributed by atoms with van der Waals surface area (Å²) in [4.78, 5) is 1.85. The Bertz CT molecular complexity index is 349. The van der Waals surface area contributed by atoms with Gasteiger partial charge < -0.3 is 10.0 Å². The summed E-state index contributed by atoms with van der Waals surface area (Å²) >= 11 is 0. The minimum Gasteiger partial charge on any atom is -0.389 e. The van der Waals surface area contributed by atoms with Crippen molar-refractivity contribution in [2.24, 2.45) is 0 Å². The van der Waals surface area contributed by atoms with Gasteiger partial charge in [0.25, 0.3) is 0 Å². The second kappa shape index (κ2) is 4.94. The minimum absolute atomic E-state index is 0.335. The van der Waals surface area contributed by atoms with E-state index in [1.54, 1.807) is 25.1 Å². The molecule has 0 spiro atoms. The molecule has 1 N–H and O–H groups in total. The Morgan fingerprint density at radius 3 is 2.80 bits per heavy atom. The summed E-state index contributed by atoms with van der Waals surface area (Å²) < 4.78 is 13.5. The molecule has 0 aliphatic rings. The fourth-order valence-electron chi connectivity index (χ4n) is 1.56. The van der Waals surface area contributed by atoms with Crippen molar-refractivity contribution < 1.29 is 9.50 Å². The zero-order valence-corrected chi connectivity index (χ0v) is 9.07. The summed E-state index contributed by atoms with van der Waals surface area (Å²) in [5.41, 5.74) is 1.03. The standard InChI is InChI=1S/C12H16FNO/c1-4-8-14(3)11-7-5-6-10(13)12(11)9(2)15/h4-7,9,15H,1,8H2,2-3H3/t9-/m0/s1. The predicted octanol–water partition coefficient (Wildman–Crippen LogP) is 2.50. The highest BCUT2D eigenvalue weighted by atomic mass is 19.1. The molecule has 1 rings (SSSR count). The summed E-state index contributed by atoms with van der Waals surface area (Å²) in [6, 6.07) is 4.78. The van der Waals surface area contributed by atoms with E-state index in [2.05, 4.69) is 6.58 Å². The molecule has 2 nitrogen and oxygen atoms in total. The average Bonchev–Trinajstić information content (AvgIpc) is 2.17. The van der Waals surface area contributed by atoms with Crippen molar-refractivity contribution in [3.05, 3.63) is 42.2 Å². The first-order valence-electron chi connectivity index (χ1n) is 4.86. The molecule has 1 atom stereocenters. The Labute approximate surface area is 89.7 Å². The summed E-state index contributed by atoms with van der Waals surface area (Å²) in [6.45, 7) is 5.80. The molecule has 0 unspecified atom stereocenters. The third kappa shape index (κ3) is 2.57. The van der Waals surface area contributed by atoms with Crippen LogP contribution >= 0.6 is 0 Å². The smallest absolute Gasteiger partial charge is 0.131 e. The van der Waals surface area contributed by atoms with Gasteiger partial charge >= 0.3 is 0 Å². The number of likely N-dealkylation sites (N-methyl/N-ethyl adjacent to an activating group) is 1. The number of aliphatic hydroxyl groups is 1. The fraction of sp³-hybridized carbons (Fsp3) is 0.333. The van der Waals surface area contributed by atoms with Crippen LogP contribution in [0.25, 0.3) is 0 Å². The topological polar surface area (TPSA) is 23.5 Å². The molecule has 1 aromatic rings. The highest BCUT2D eigenvalue weighted by molar-refractivity contribution is 5.54. The maximum absolute atomic E-state index is 13.5. The van der Waals surface area contributed by atoms with Crippen LogP contribution in [0, 0.1) is 5.82 Å². The van der Waals surface area contributed by atoms with Crippen LogP contribution in [0.15, 0.2) is 30.9 Å². The van der Waals surface area contributed by atoms with Crippen LogP contribution < -0.4 is 4.90 Å². The van der Waals surface area contributed by atoms with Gasteiger partial charge in [0.2, 0.25) is 0 Å². The van der Waals surface area contributed by atoms with Gasteiger partial charge in [-0.15, -0.1) is 6.58 Å². The molecule has 0 amide bonds. The molecule has 3 heteroatoms. The number of anilines is 1. The second-order valence-electron chi connectivity index (χ2n) is 3.52. The number of benzene rings is 1. The first-order valence-corrected chi connectivity index (χ1v) is 4.86. The van der Waals surface area contributed by atoms with E-state index in [1.807, 2.05) is 11.9 Å².